The molecule has 0 bridgehead atoms. The summed E-state index contributed by atoms with van der Waals surface area (Å²) < 4.78 is 1.97. The molecule has 0 aromatic carbocycles. The molecule has 1 aromatic rings. The third kappa shape index (κ3) is 5.04. The molecule has 1 aliphatic rings. The molecule has 1 fully saturated rings. The van der Waals surface area contributed by atoms with E-state index in [4.69, 9.17) is 4.99 Å². The van der Waals surface area contributed by atoms with Gasteiger partial charge in [-0.1, -0.05) is 13.8 Å². The Morgan fingerprint density at radius 1 is 1.50 bits per heavy atom. The maximum atomic E-state index is 4.78. The molecule has 1 aliphatic heterocycles. The summed E-state index contributed by atoms with van der Waals surface area (Å²) in [6.07, 6.45) is 6.58. The van der Waals surface area contributed by atoms with E-state index in [2.05, 4.69) is 49.2 Å². The highest BCUT2D eigenvalue weighted by Gasteiger charge is 2.25. The number of rotatable bonds is 6. The molecule has 22 heavy (non-hydrogen) atoms. The summed E-state index contributed by atoms with van der Waals surface area (Å²) in [5.74, 6) is 2.67. The van der Waals surface area contributed by atoms with Gasteiger partial charge in [0.15, 0.2) is 5.96 Å². The summed E-state index contributed by atoms with van der Waals surface area (Å²) >= 11 is 0. The van der Waals surface area contributed by atoms with Crippen molar-refractivity contribution in [3.8, 4) is 0 Å². The van der Waals surface area contributed by atoms with Gasteiger partial charge < -0.3 is 10.2 Å². The van der Waals surface area contributed by atoms with E-state index in [9.17, 15) is 0 Å². The number of guanidine groups is 1. The molecule has 2 heterocycles. The molecular weight excluding hydrogens is 274 g/mol. The fraction of sp³-hybridized carbons (Fsp3) is 0.765. The Bertz CT molecular complexity index is 477. The Labute approximate surface area is 134 Å². The molecule has 1 N–H and O–H groups in total. The first-order valence-corrected chi connectivity index (χ1v) is 8.60. The van der Waals surface area contributed by atoms with Gasteiger partial charge in [-0.25, -0.2) is 0 Å². The first kappa shape index (κ1) is 16.8. The van der Waals surface area contributed by atoms with Crippen molar-refractivity contribution in [1.29, 1.82) is 0 Å². The first-order valence-electron chi connectivity index (χ1n) is 8.60. The van der Waals surface area contributed by atoms with Crippen molar-refractivity contribution >= 4 is 5.96 Å². The van der Waals surface area contributed by atoms with Gasteiger partial charge in [0.1, 0.15) is 0 Å². The second-order valence-corrected chi connectivity index (χ2v) is 6.75. The monoisotopic (exact) mass is 305 g/mol. The van der Waals surface area contributed by atoms with Crippen molar-refractivity contribution in [2.75, 3.05) is 26.2 Å². The third-order valence-electron chi connectivity index (χ3n) is 4.08. The van der Waals surface area contributed by atoms with Crippen molar-refractivity contribution in [1.82, 2.24) is 20.0 Å². The highest BCUT2D eigenvalue weighted by atomic mass is 15.3. The molecule has 0 amide bonds. The molecule has 124 valence electrons. The summed E-state index contributed by atoms with van der Waals surface area (Å²) in [5, 5.41) is 7.75. The van der Waals surface area contributed by atoms with Gasteiger partial charge in [-0.3, -0.25) is 9.67 Å². The van der Waals surface area contributed by atoms with E-state index in [0.717, 1.165) is 50.5 Å². The molecule has 1 atom stereocenters. The number of hydrogen-bond donors (Lipinski definition) is 1. The van der Waals surface area contributed by atoms with Crippen LogP contribution in [0.1, 0.15) is 39.2 Å². The molecule has 1 aromatic heterocycles. The van der Waals surface area contributed by atoms with E-state index in [-0.39, 0.29) is 0 Å². The number of nitrogens with one attached hydrogen (secondary N) is 1. The maximum absolute atomic E-state index is 4.78. The van der Waals surface area contributed by atoms with Gasteiger partial charge >= 0.3 is 0 Å². The van der Waals surface area contributed by atoms with Gasteiger partial charge in [-0.15, -0.1) is 0 Å². The van der Waals surface area contributed by atoms with E-state index < -0.39 is 0 Å². The second kappa shape index (κ2) is 8.20. The van der Waals surface area contributed by atoms with E-state index >= 15 is 0 Å². The lowest BCUT2D eigenvalue weighted by atomic mass is 9.97. The SMILES string of the molecule is CCNC(=NCCn1cc(C)cn1)N1CCC(CC(C)C)C1. The molecule has 0 spiro atoms. The number of aliphatic imine (C=N–C) groups is 1. The van der Waals surface area contributed by atoms with Crippen LogP contribution in [-0.2, 0) is 6.54 Å². The zero-order valence-electron chi connectivity index (χ0n) is 14.5. The summed E-state index contributed by atoms with van der Waals surface area (Å²) in [4.78, 5) is 7.21. The normalized spacial score (nSPS) is 19.2. The summed E-state index contributed by atoms with van der Waals surface area (Å²) in [5.41, 5.74) is 1.20. The first-order chi connectivity index (χ1) is 10.6. The van der Waals surface area contributed by atoms with Gasteiger partial charge in [0.25, 0.3) is 0 Å². The average Bonchev–Trinajstić information content (AvgIpc) is 3.06. The molecule has 1 unspecified atom stereocenters. The fourth-order valence-corrected chi connectivity index (χ4v) is 3.16. The van der Waals surface area contributed by atoms with Gasteiger partial charge in [-0.2, -0.15) is 5.10 Å². The summed E-state index contributed by atoms with van der Waals surface area (Å²) in [6, 6.07) is 0. The predicted octanol–water partition coefficient (Wildman–Crippen LogP) is 2.53. The second-order valence-electron chi connectivity index (χ2n) is 6.75. The van der Waals surface area contributed by atoms with Crippen LogP contribution in [0.3, 0.4) is 0 Å². The standard InChI is InChI=1S/C17H31N5/c1-5-18-17(19-7-9-22-12-15(4)11-20-22)21-8-6-16(13-21)10-14(2)3/h11-12,14,16H,5-10,13H2,1-4H3,(H,18,19). The molecule has 0 aliphatic carbocycles. The lowest BCUT2D eigenvalue weighted by Gasteiger charge is -2.22. The van der Waals surface area contributed by atoms with Crippen molar-refractivity contribution in [2.24, 2.45) is 16.8 Å². The summed E-state index contributed by atoms with van der Waals surface area (Å²) in [7, 11) is 0. The number of aromatic nitrogens is 2. The predicted molar refractivity (Wildman–Crippen MR) is 92.1 cm³/mol. The molecule has 0 saturated carbocycles. The average molecular weight is 305 g/mol. The zero-order valence-corrected chi connectivity index (χ0v) is 14.5. The minimum atomic E-state index is 0.773. The minimum absolute atomic E-state index is 0.773. The number of nitrogens with zero attached hydrogens (tertiary/aromatic N) is 4. The van der Waals surface area contributed by atoms with Crippen molar-refractivity contribution in [3.63, 3.8) is 0 Å². The number of aryl methyl sites for hydroxylation is 1. The zero-order chi connectivity index (χ0) is 15.9. The fourth-order valence-electron chi connectivity index (χ4n) is 3.16. The molecular formula is C17H31N5. The van der Waals surface area contributed by atoms with Gasteiger partial charge in [0.2, 0.25) is 0 Å². The van der Waals surface area contributed by atoms with Crippen LogP contribution in [0.2, 0.25) is 0 Å². The highest BCUT2D eigenvalue weighted by Crippen LogP contribution is 2.23. The van der Waals surface area contributed by atoms with Crippen LogP contribution in [0.25, 0.3) is 0 Å². The smallest absolute Gasteiger partial charge is 0.193 e. The topological polar surface area (TPSA) is 45.5 Å². The van der Waals surface area contributed by atoms with Gasteiger partial charge in [-0.05, 0) is 44.1 Å². The molecule has 2 rings (SSSR count). The minimum Gasteiger partial charge on any atom is -0.357 e. The van der Waals surface area contributed by atoms with Crippen molar-refractivity contribution in [2.45, 2.75) is 47.1 Å². The van der Waals surface area contributed by atoms with Crippen molar-refractivity contribution < 1.29 is 0 Å². The number of likely N-dealkylation sites (tertiary alicyclic amines) is 1. The van der Waals surface area contributed by atoms with E-state index in [1.54, 1.807) is 0 Å². The quantitative estimate of drug-likeness (QED) is 0.649. The van der Waals surface area contributed by atoms with Crippen LogP contribution in [0.5, 0.6) is 0 Å². The van der Waals surface area contributed by atoms with E-state index in [1.165, 1.54) is 18.4 Å². The molecule has 0 radical (unpaired) electrons. The van der Waals surface area contributed by atoms with Crippen LogP contribution in [0.15, 0.2) is 17.4 Å². The Hall–Kier alpha value is -1.52. The van der Waals surface area contributed by atoms with Crippen LogP contribution in [0, 0.1) is 18.8 Å². The Morgan fingerprint density at radius 2 is 2.32 bits per heavy atom. The van der Waals surface area contributed by atoms with Gasteiger partial charge in [0.05, 0.1) is 19.3 Å². The Kier molecular flexibility index (Phi) is 6.28. The molecule has 5 heteroatoms. The third-order valence-corrected chi connectivity index (χ3v) is 4.08. The van der Waals surface area contributed by atoms with E-state index in [1.807, 2.05) is 10.9 Å². The number of hydrogen-bond acceptors (Lipinski definition) is 2. The summed E-state index contributed by atoms with van der Waals surface area (Å²) in [6.45, 7) is 13.6. The van der Waals surface area contributed by atoms with E-state index in [0.29, 0.717) is 0 Å². The molecule has 1 saturated heterocycles. The largest absolute Gasteiger partial charge is 0.357 e. The Morgan fingerprint density at radius 3 is 2.95 bits per heavy atom. The van der Waals surface area contributed by atoms with Crippen LogP contribution < -0.4 is 5.32 Å². The lowest BCUT2D eigenvalue weighted by molar-refractivity contribution is 0.403. The van der Waals surface area contributed by atoms with Crippen LogP contribution in [0.4, 0.5) is 0 Å². The van der Waals surface area contributed by atoms with Crippen LogP contribution >= 0.6 is 0 Å². The van der Waals surface area contributed by atoms with Gasteiger partial charge in [0, 0.05) is 25.8 Å². The lowest BCUT2D eigenvalue weighted by Crippen LogP contribution is -2.40. The highest BCUT2D eigenvalue weighted by molar-refractivity contribution is 5.80. The van der Waals surface area contributed by atoms with Crippen LogP contribution in [-0.4, -0.2) is 46.8 Å². The van der Waals surface area contributed by atoms with Crippen molar-refractivity contribution in [3.05, 3.63) is 18.0 Å². The Balaban J connectivity index is 1.87. The molecule has 5 nitrogen and oxygen atoms in total. The maximum Gasteiger partial charge on any atom is 0.193 e.